The molecule has 0 aliphatic rings. The summed E-state index contributed by atoms with van der Waals surface area (Å²) in [5, 5.41) is -1.55. The average molecular weight is 739 g/mol. The number of rotatable bonds is 20. The van der Waals surface area contributed by atoms with E-state index in [-0.39, 0.29) is 53.4 Å². The third kappa shape index (κ3) is 32.8. The van der Waals surface area contributed by atoms with Crippen LogP contribution in [0.2, 0.25) is 0 Å². The zero-order valence-electron chi connectivity index (χ0n) is 23.5. The summed E-state index contributed by atoms with van der Waals surface area (Å²) in [6.45, 7) is 8.52. The van der Waals surface area contributed by atoms with Gasteiger partial charge in [-0.1, -0.05) is 35.6 Å². The smallest absolute Gasteiger partial charge is 0.224 e. The molecule has 0 aliphatic carbocycles. The predicted molar refractivity (Wildman–Crippen MR) is 180 cm³/mol. The average Bonchev–Trinajstić information content (AvgIpc) is 2.83. The Hall–Kier alpha value is -0.400. The number of hydrogen-bond donors (Lipinski definition) is 4. The Kier molecular flexibility index (Phi) is 38.3. The number of carbonyl (C=O) groups excluding carboxylic acids is 6. The summed E-state index contributed by atoms with van der Waals surface area (Å²) in [6, 6.07) is 0.333. The van der Waals surface area contributed by atoms with Crippen molar-refractivity contribution < 1.29 is 28.8 Å². The predicted octanol–water partition coefficient (Wildman–Crippen LogP) is 5.14. The highest BCUT2D eigenvalue weighted by atomic mass is 35.5. The summed E-state index contributed by atoms with van der Waals surface area (Å²) >= 11 is 33.1. The fourth-order valence-corrected chi connectivity index (χ4v) is 4.27. The molecule has 0 aromatic heterocycles. The summed E-state index contributed by atoms with van der Waals surface area (Å²) < 4.78 is 0. The first-order valence-electron chi connectivity index (χ1n) is 12.9. The lowest BCUT2D eigenvalue weighted by atomic mass is 9.82. The number of hydrogen-bond acceptors (Lipinski definition) is 10. The van der Waals surface area contributed by atoms with Crippen LogP contribution in [0.15, 0.2) is 0 Å². The summed E-state index contributed by atoms with van der Waals surface area (Å²) in [5.74, 6) is -4.52. The number of nitrogens with one attached hydrogen (secondary N) is 1. The highest BCUT2D eigenvalue weighted by Crippen LogP contribution is 2.33. The fourth-order valence-electron chi connectivity index (χ4n) is 3.34. The van der Waals surface area contributed by atoms with Crippen molar-refractivity contribution in [3.05, 3.63) is 0 Å². The number of carbonyl (C=O) groups is 6. The maximum Gasteiger partial charge on any atom is 0.224 e. The normalized spacial score (nSPS) is 13.6. The topological polar surface area (TPSA) is 193 Å². The van der Waals surface area contributed by atoms with Crippen molar-refractivity contribution in [3.8, 4) is 0 Å². The van der Waals surface area contributed by atoms with Gasteiger partial charge in [-0.15, -0.1) is 0 Å². The van der Waals surface area contributed by atoms with E-state index in [4.69, 9.17) is 86.8 Å². The molecule has 256 valence electrons. The molecule has 0 rings (SSSR count). The van der Waals surface area contributed by atoms with Crippen LogP contribution in [-0.4, -0.2) is 63.7 Å². The van der Waals surface area contributed by atoms with Crippen molar-refractivity contribution in [2.75, 3.05) is 26.2 Å². The minimum absolute atomic E-state index is 0. The van der Waals surface area contributed by atoms with Crippen LogP contribution in [0.3, 0.4) is 0 Å². The Labute approximate surface area is 287 Å². The van der Waals surface area contributed by atoms with Crippen LogP contribution in [-0.2, 0) is 28.8 Å². The first kappa shape index (κ1) is 52.1. The van der Waals surface area contributed by atoms with Crippen molar-refractivity contribution in [3.63, 3.8) is 0 Å². The lowest BCUT2D eigenvalue weighted by molar-refractivity contribution is -0.120. The molecule has 5 atom stereocenters. The maximum absolute atomic E-state index is 11.9. The molecule has 43 heavy (non-hydrogen) atoms. The molecule has 0 aliphatic heterocycles. The van der Waals surface area contributed by atoms with Gasteiger partial charge in [-0.25, -0.2) is 0 Å². The van der Waals surface area contributed by atoms with Gasteiger partial charge in [-0.3, -0.25) is 28.8 Å². The van der Waals surface area contributed by atoms with Gasteiger partial charge < -0.3 is 22.5 Å². The van der Waals surface area contributed by atoms with E-state index >= 15 is 0 Å². The van der Waals surface area contributed by atoms with Crippen molar-refractivity contribution in [1.82, 2.24) is 5.32 Å². The van der Waals surface area contributed by atoms with E-state index in [2.05, 4.69) is 5.32 Å². The number of halogens is 6. The second kappa shape index (κ2) is 31.6. The van der Waals surface area contributed by atoms with Gasteiger partial charge in [0.25, 0.3) is 0 Å². The molecule has 16 heteroatoms. The minimum atomic E-state index is -1.01. The van der Waals surface area contributed by atoms with E-state index in [1.54, 1.807) is 0 Å². The Morgan fingerprint density at radius 3 is 1.14 bits per heavy atom. The van der Waals surface area contributed by atoms with Crippen molar-refractivity contribution in [2.45, 2.75) is 80.2 Å². The van der Waals surface area contributed by atoms with Crippen LogP contribution in [0.5, 0.6) is 0 Å². The van der Waals surface area contributed by atoms with Crippen LogP contribution < -0.4 is 22.5 Å². The molecule has 0 saturated carbocycles. The monoisotopic (exact) mass is 736 g/mol. The van der Waals surface area contributed by atoms with E-state index in [0.717, 1.165) is 13.1 Å². The minimum Gasteiger partial charge on any atom is -0.329 e. The van der Waals surface area contributed by atoms with Crippen molar-refractivity contribution >= 4 is 101 Å². The zero-order valence-corrected chi connectivity index (χ0v) is 28.0. The maximum atomic E-state index is 11.9. The standard InChI is InChI=1S/C18H20Cl6O6.C4H13N3.C3H9N.2CH4/c1-8(14(20)26)4-10(16(22)28)6-12(18(24)30)7-11(17(23)29)5-9(15(21)27)2-3-13(19)25;5-1-3-7-4-2-6;1-3(2)4;;/h8-12H,2-7H2,1H3;7H,1-6H2;3H,4H2,1-2H3;2*1H4. The van der Waals surface area contributed by atoms with Gasteiger partial charge >= 0.3 is 0 Å². The molecule has 7 N–H and O–H groups in total. The summed E-state index contributed by atoms with van der Waals surface area (Å²) in [5.41, 5.74) is 15.4. The Morgan fingerprint density at radius 2 is 0.884 bits per heavy atom. The van der Waals surface area contributed by atoms with Gasteiger partial charge in [0.2, 0.25) is 31.5 Å². The molecule has 10 nitrogen and oxygen atoms in total. The molecular formula is C27H50Cl6N4O6. The van der Waals surface area contributed by atoms with Crippen LogP contribution in [0.4, 0.5) is 0 Å². The van der Waals surface area contributed by atoms with Crippen LogP contribution in [0.1, 0.15) is 74.1 Å². The number of nitrogens with two attached hydrogens (primary N) is 3. The Bertz CT molecular complexity index is 816. The van der Waals surface area contributed by atoms with Crippen molar-refractivity contribution in [1.29, 1.82) is 0 Å². The molecule has 0 heterocycles. The van der Waals surface area contributed by atoms with E-state index in [1.165, 1.54) is 6.92 Å². The highest BCUT2D eigenvalue weighted by Gasteiger charge is 2.33. The second-order valence-corrected chi connectivity index (χ2v) is 11.9. The van der Waals surface area contributed by atoms with Crippen LogP contribution in [0.25, 0.3) is 0 Å². The molecule has 0 amide bonds. The highest BCUT2D eigenvalue weighted by molar-refractivity contribution is 6.66. The van der Waals surface area contributed by atoms with Gasteiger partial charge in [0.05, 0.1) is 0 Å². The summed E-state index contributed by atoms with van der Waals surface area (Å²) in [7, 11) is 0. The molecule has 0 aromatic rings. The van der Waals surface area contributed by atoms with E-state index in [9.17, 15) is 28.8 Å². The van der Waals surface area contributed by atoms with E-state index in [0.29, 0.717) is 19.1 Å². The van der Waals surface area contributed by atoms with Gasteiger partial charge in [-0.05, 0) is 108 Å². The third-order valence-corrected chi connectivity index (χ3v) is 7.14. The largest absolute Gasteiger partial charge is 0.329 e. The quantitative estimate of drug-likeness (QED) is 0.0961. The molecule has 0 saturated heterocycles. The zero-order chi connectivity index (χ0) is 32.7. The SMILES string of the molecule is C.C.CC(C)N.CC(CC(CC(CC(CC(CCC(=O)Cl)C(=O)Cl)C(=O)Cl)C(=O)Cl)C(=O)Cl)C(=O)Cl.NCCNCCN. The fraction of sp³-hybridized carbons (Fsp3) is 0.778. The Morgan fingerprint density at radius 1 is 0.581 bits per heavy atom. The lowest BCUT2D eigenvalue weighted by Crippen LogP contribution is -2.27. The molecular weight excluding hydrogens is 689 g/mol. The lowest BCUT2D eigenvalue weighted by Gasteiger charge is -2.24. The second-order valence-electron chi connectivity index (χ2n) is 9.62. The molecule has 5 unspecified atom stereocenters. The molecule has 0 bridgehead atoms. The Balaban J connectivity index is -0.000000313. The van der Waals surface area contributed by atoms with Crippen molar-refractivity contribution in [2.24, 2.45) is 46.8 Å². The molecule has 0 radical (unpaired) electrons. The van der Waals surface area contributed by atoms with Gasteiger partial charge in [0.15, 0.2) is 0 Å². The summed E-state index contributed by atoms with van der Waals surface area (Å²) in [6.07, 6.45) is -0.595. The molecule has 0 fully saturated rings. The first-order valence-corrected chi connectivity index (χ1v) is 15.2. The third-order valence-electron chi connectivity index (χ3n) is 5.35. The van der Waals surface area contributed by atoms with E-state index in [1.807, 2.05) is 13.8 Å². The van der Waals surface area contributed by atoms with Gasteiger partial charge in [-0.2, -0.15) is 0 Å². The van der Waals surface area contributed by atoms with Crippen LogP contribution in [0, 0.1) is 29.6 Å². The molecule has 0 spiro atoms. The van der Waals surface area contributed by atoms with Crippen LogP contribution >= 0.6 is 69.6 Å². The summed E-state index contributed by atoms with van der Waals surface area (Å²) in [4.78, 5) is 69.4. The van der Waals surface area contributed by atoms with E-state index < -0.39 is 61.0 Å². The van der Waals surface area contributed by atoms with Gasteiger partial charge in [0, 0.05) is 62.2 Å². The van der Waals surface area contributed by atoms with Gasteiger partial charge in [0.1, 0.15) is 0 Å². The first-order chi connectivity index (χ1) is 18.9. The molecule has 0 aromatic carbocycles.